The number of hydrogen-bond acceptors (Lipinski definition) is 4. The number of allylic oxidation sites excluding steroid dienone is 1. The van der Waals surface area contributed by atoms with E-state index in [9.17, 15) is 18.0 Å². The second-order valence-electron chi connectivity index (χ2n) is 11.1. The number of amides is 1. The van der Waals surface area contributed by atoms with Gasteiger partial charge in [-0.2, -0.15) is 13.2 Å². The number of halogens is 3. The van der Waals surface area contributed by atoms with Gasteiger partial charge in [-0.1, -0.05) is 41.6 Å². The molecule has 0 saturated heterocycles. The minimum absolute atomic E-state index is 0.0589. The molecule has 0 bridgehead atoms. The molecule has 3 aromatic rings. The zero-order valence-electron chi connectivity index (χ0n) is 20.8. The van der Waals surface area contributed by atoms with Crippen LogP contribution in [0.15, 0.2) is 59.1 Å². The number of carbonyl (C=O) groups is 1. The number of nitrogens with two attached hydrogens (primary N) is 1. The summed E-state index contributed by atoms with van der Waals surface area (Å²) >= 11 is 0. The first-order valence-corrected chi connectivity index (χ1v) is 13.1. The fourth-order valence-electron chi connectivity index (χ4n) is 6.23. The summed E-state index contributed by atoms with van der Waals surface area (Å²) in [5.74, 6) is 1.97. The highest BCUT2D eigenvalue weighted by atomic mass is 19.4. The van der Waals surface area contributed by atoms with E-state index in [0.717, 1.165) is 44.6 Å². The molecule has 38 heavy (non-hydrogen) atoms. The van der Waals surface area contributed by atoms with Crippen molar-refractivity contribution in [2.24, 2.45) is 23.0 Å². The Bertz CT molecular complexity index is 1380. The molecule has 3 aliphatic rings. The zero-order chi connectivity index (χ0) is 26.5. The van der Waals surface area contributed by atoms with Crippen molar-refractivity contribution >= 4 is 12.0 Å². The average molecular weight is 523 g/mol. The molecule has 8 heteroatoms. The van der Waals surface area contributed by atoms with Crippen LogP contribution in [0, 0.1) is 17.3 Å². The zero-order valence-corrected chi connectivity index (χ0v) is 20.8. The minimum Gasteiger partial charge on any atom is -0.493 e. The Balaban J connectivity index is 1.09. The van der Waals surface area contributed by atoms with Gasteiger partial charge in [-0.25, -0.2) is 0 Å². The Kier molecular flexibility index (Phi) is 6.08. The number of aromatic nitrogens is 1. The predicted octanol–water partition coefficient (Wildman–Crippen LogP) is 7.24. The molecule has 6 rings (SSSR count). The summed E-state index contributed by atoms with van der Waals surface area (Å²) < 4.78 is 52.5. The van der Waals surface area contributed by atoms with E-state index in [1.54, 1.807) is 24.3 Å². The lowest BCUT2D eigenvalue weighted by molar-refractivity contribution is -0.137. The number of nitrogens with zero attached hydrogens (tertiary/aromatic N) is 1. The maximum atomic E-state index is 13.7. The third-order valence-corrected chi connectivity index (χ3v) is 8.16. The van der Waals surface area contributed by atoms with E-state index in [1.165, 1.54) is 12.1 Å². The van der Waals surface area contributed by atoms with E-state index in [-0.39, 0.29) is 17.2 Å². The molecule has 2 N–H and O–H groups in total. The second-order valence-corrected chi connectivity index (χ2v) is 11.1. The van der Waals surface area contributed by atoms with Crippen molar-refractivity contribution < 1.29 is 27.2 Å². The van der Waals surface area contributed by atoms with Crippen LogP contribution in [0.2, 0.25) is 0 Å². The van der Waals surface area contributed by atoms with Crippen molar-refractivity contribution in [3.63, 3.8) is 0 Å². The number of benzene rings is 2. The summed E-state index contributed by atoms with van der Waals surface area (Å²) in [7, 11) is 0. The van der Waals surface area contributed by atoms with Crippen LogP contribution >= 0.6 is 0 Å². The lowest BCUT2D eigenvalue weighted by Gasteiger charge is -2.57. The van der Waals surface area contributed by atoms with Gasteiger partial charge in [-0.3, -0.25) is 4.79 Å². The van der Waals surface area contributed by atoms with E-state index in [1.807, 2.05) is 12.1 Å². The predicted molar refractivity (Wildman–Crippen MR) is 136 cm³/mol. The van der Waals surface area contributed by atoms with Crippen LogP contribution in [0.3, 0.4) is 0 Å². The normalized spacial score (nSPS) is 24.8. The van der Waals surface area contributed by atoms with E-state index < -0.39 is 17.6 Å². The molecule has 2 aromatic carbocycles. The monoisotopic (exact) mass is 522 g/mol. The molecule has 1 amide bonds. The summed E-state index contributed by atoms with van der Waals surface area (Å²) in [4.78, 5) is 11.4. The largest absolute Gasteiger partial charge is 0.493 e. The highest BCUT2D eigenvalue weighted by Gasteiger charge is 2.52. The van der Waals surface area contributed by atoms with Gasteiger partial charge in [-0.15, -0.1) is 0 Å². The van der Waals surface area contributed by atoms with Crippen molar-refractivity contribution in [2.45, 2.75) is 50.6 Å². The van der Waals surface area contributed by atoms with Crippen molar-refractivity contribution in [1.82, 2.24) is 5.16 Å². The summed E-state index contributed by atoms with van der Waals surface area (Å²) in [5, 5.41) is 4.10. The van der Waals surface area contributed by atoms with E-state index in [0.29, 0.717) is 46.5 Å². The average Bonchev–Trinajstić information content (AvgIpc) is 3.60. The van der Waals surface area contributed by atoms with E-state index in [2.05, 4.69) is 11.2 Å². The molecule has 198 valence electrons. The third kappa shape index (κ3) is 4.84. The molecule has 1 heterocycles. The molecule has 1 spiro atoms. The van der Waals surface area contributed by atoms with Crippen LogP contribution < -0.4 is 10.5 Å². The molecule has 0 aliphatic heterocycles. The van der Waals surface area contributed by atoms with Gasteiger partial charge in [0, 0.05) is 22.6 Å². The molecule has 3 fully saturated rings. The Morgan fingerprint density at radius 1 is 1.11 bits per heavy atom. The maximum absolute atomic E-state index is 13.7. The number of hydrogen-bond donors (Lipinski definition) is 1. The fourth-order valence-corrected chi connectivity index (χ4v) is 6.23. The number of rotatable bonds is 8. The summed E-state index contributed by atoms with van der Waals surface area (Å²) in [5.41, 5.74) is 6.42. The van der Waals surface area contributed by atoms with Crippen LogP contribution in [0.5, 0.6) is 5.75 Å². The number of ether oxygens (including phenoxy) is 1. The Hall–Kier alpha value is -3.55. The van der Waals surface area contributed by atoms with Gasteiger partial charge in [0.05, 0.1) is 12.2 Å². The Morgan fingerprint density at radius 2 is 1.87 bits per heavy atom. The van der Waals surface area contributed by atoms with E-state index >= 15 is 0 Å². The van der Waals surface area contributed by atoms with Gasteiger partial charge in [0.15, 0.2) is 0 Å². The van der Waals surface area contributed by atoms with Crippen molar-refractivity contribution in [3.05, 3.63) is 77.1 Å². The van der Waals surface area contributed by atoms with E-state index in [4.69, 9.17) is 15.0 Å². The summed E-state index contributed by atoms with van der Waals surface area (Å²) in [6, 6.07) is 12.5. The molecular weight excluding hydrogens is 493 g/mol. The molecule has 0 atom stereocenters. The van der Waals surface area contributed by atoms with Crippen LogP contribution in [-0.2, 0) is 6.18 Å². The minimum atomic E-state index is -4.47. The first-order valence-electron chi connectivity index (χ1n) is 13.1. The number of carbonyl (C=O) groups excluding carboxylic acids is 1. The standard InChI is InChI=1S/C30H29F3N2O3/c31-30(32,33)25-7-2-1-6-23(25)26-24(27(38-35-26)20-9-10-20)11-8-18-13-29(14-18)15-19(16-29)17-37-22-5-3-4-21(12-22)28(34)36/h1-8,11-12,18-20H,9-10,13-17H2,(H2,34,36)/b11-8+. The van der Waals surface area contributed by atoms with Crippen LogP contribution in [0.25, 0.3) is 17.3 Å². The van der Waals surface area contributed by atoms with Crippen LogP contribution in [0.4, 0.5) is 13.2 Å². The topological polar surface area (TPSA) is 78.4 Å². The molecule has 0 unspecified atom stereocenters. The highest BCUT2D eigenvalue weighted by Crippen LogP contribution is 2.61. The summed E-state index contributed by atoms with van der Waals surface area (Å²) in [6.07, 6.45) is 5.86. The van der Waals surface area contributed by atoms with Gasteiger partial charge < -0.3 is 15.0 Å². The first-order chi connectivity index (χ1) is 18.2. The lowest BCUT2D eigenvalue weighted by atomic mass is 9.48. The molecular formula is C30H29F3N2O3. The van der Waals surface area contributed by atoms with Gasteiger partial charge in [-0.05, 0) is 80.0 Å². The van der Waals surface area contributed by atoms with Crippen LogP contribution in [0.1, 0.15) is 71.7 Å². The van der Waals surface area contributed by atoms with Gasteiger partial charge >= 0.3 is 6.18 Å². The third-order valence-electron chi connectivity index (χ3n) is 8.16. The number of primary amides is 1. The lowest BCUT2D eigenvalue weighted by Crippen LogP contribution is -2.48. The molecule has 5 nitrogen and oxygen atoms in total. The second kappa shape index (κ2) is 9.33. The SMILES string of the molecule is NC(=O)c1cccc(OCC2CC3(CC(/C=C/c4c(-c5ccccc5C(F)(F)F)noc4C4CC4)C3)C2)c1. The van der Waals surface area contributed by atoms with Gasteiger partial charge in [0.25, 0.3) is 0 Å². The number of alkyl halides is 3. The van der Waals surface area contributed by atoms with Crippen LogP contribution in [-0.4, -0.2) is 17.7 Å². The summed E-state index contributed by atoms with van der Waals surface area (Å²) in [6.45, 7) is 0.609. The fraction of sp³-hybridized carbons (Fsp3) is 0.400. The van der Waals surface area contributed by atoms with Gasteiger partial charge in [0.2, 0.25) is 5.91 Å². The van der Waals surface area contributed by atoms with Crippen molar-refractivity contribution in [1.29, 1.82) is 0 Å². The smallest absolute Gasteiger partial charge is 0.417 e. The van der Waals surface area contributed by atoms with Crippen molar-refractivity contribution in [2.75, 3.05) is 6.61 Å². The first kappa shape index (κ1) is 24.8. The van der Waals surface area contributed by atoms with Gasteiger partial charge in [0.1, 0.15) is 17.2 Å². The molecule has 1 aromatic heterocycles. The highest BCUT2D eigenvalue weighted by molar-refractivity contribution is 5.93. The Labute approximate surface area is 218 Å². The quantitative estimate of drug-likeness (QED) is 0.338. The van der Waals surface area contributed by atoms with Crippen molar-refractivity contribution in [3.8, 4) is 17.0 Å². The molecule has 3 aliphatic carbocycles. The molecule has 0 radical (unpaired) electrons. The Morgan fingerprint density at radius 3 is 2.58 bits per heavy atom. The molecule has 3 saturated carbocycles. The maximum Gasteiger partial charge on any atom is 0.417 e.